The van der Waals surface area contributed by atoms with Crippen molar-refractivity contribution in [3.05, 3.63) is 72.6 Å². The highest BCUT2D eigenvalue weighted by Gasteiger charge is 2.07. The number of benzene rings is 2. The molecule has 0 aliphatic carbocycles. The molecule has 0 saturated carbocycles. The van der Waals surface area contributed by atoms with Crippen LogP contribution in [0.25, 0.3) is 0 Å². The Kier molecular flexibility index (Phi) is 5.19. The van der Waals surface area contributed by atoms with Gasteiger partial charge in [-0.2, -0.15) is 0 Å². The number of hydrogen-bond acceptors (Lipinski definition) is 5. The highest BCUT2D eigenvalue weighted by atomic mass is 16.2. The summed E-state index contributed by atoms with van der Waals surface area (Å²) >= 11 is 0. The number of carbonyl (C=O) groups is 2. The molecule has 0 unspecified atom stereocenters. The second kappa shape index (κ2) is 7.89. The van der Waals surface area contributed by atoms with Gasteiger partial charge in [0.05, 0.1) is 0 Å². The minimum Gasteiger partial charge on any atom is -0.326 e. The fourth-order valence-corrected chi connectivity index (χ4v) is 2.27. The largest absolute Gasteiger partial charge is 0.326 e. The Labute approximate surface area is 150 Å². The van der Waals surface area contributed by atoms with Gasteiger partial charge in [0.1, 0.15) is 0 Å². The van der Waals surface area contributed by atoms with Crippen LogP contribution in [0.1, 0.15) is 17.3 Å². The minimum atomic E-state index is -0.260. The number of hydrogen-bond donors (Lipinski definition) is 3. The van der Waals surface area contributed by atoms with E-state index in [0.717, 1.165) is 5.69 Å². The summed E-state index contributed by atoms with van der Waals surface area (Å²) in [6.45, 7) is 1.42. The van der Waals surface area contributed by atoms with E-state index >= 15 is 0 Å². The van der Waals surface area contributed by atoms with E-state index in [1.165, 1.54) is 6.92 Å². The molecule has 130 valence electrons. The molecule has 0 bridgehead atoms. The molecule has 0 fully saturated rings. The quantitative estimate of drug-likeness (QED) is 0.657. The molecule has 7 nitrogen and oxygen atoms in total. The summed E-state index contributed by atoms with van der Waals surface area (Å²) in [7, 11) is 0. The van der Waals surface area contributed by atoms with Gasteiger partial charge in [0.2, 0.25) is 11.9 Å². The Morgan fingerprint density at radius 2 is 1.50 bits per heavy atom. The lowest BCUT2D eigenvalue weighted by Crippen LogP contribution is -2.13. The Morgan fingerprint density at radius 1 is 0.808 bits per heavy atom. The zero-order valence-corrected chi connectivity index (χ0v) is 14.1. The molecule has 0 spiro atoms. The Hall–Kier alpha value is -3.74. The van der Waals surface area contributed by atoms with Crippen LogP contribution in [-0.4, -0.2) is 21.8 Å². The van der Waals surface area contributed by atoms with E-state index in [9.17, 15) is 9.59 Å². The molecule has 0 radical (unpaired) electrons. The minimum absolute atomic E-state index is 0.187. The van der Waals surface area contributed by atoms with Crippen LogP contribution in [0.3, 0.4) is 0 Å². The molecule has 3 N–H and O–H groups in total. The smallest absolute Gasteiger partial charge is 0.255 e. The fourth-order valence-electron chi connectivity index (χ4n) is 2.27. The van der Waals surface area contributed by atoms with Crippen LogP contribution in [-0.2, 0) is 4.79 Å². The number of nitrogens with one attached hydrogen (secondary N) is 3. The van der Waals surface area contributed by atoms with Crippen LogP contribution >= 0.6 is 0 Å². The van der Waals surface area contributed by atoms with Crippen molar-refractivity contribution in [2.75, 3.05) is 16.0 Å². The van der Waals surface area contributed by atoms with Crippen molar-refractivity contribution < 1.29 is 9.59 Å². The molecule has 0 saturated heterocycles. The molecular weight excluding hydrogens is 330 g/mol. The van der Waals surface area contributed by atoms with E-state index in [1.807, 2.05) is 12.1 Å². The lowest BCUT2D eigenvalue weighted by molar-refractivity contribution is -0.114. The van der Waals surface area contributed by atoms with E-state index in [1.54, 1.807) is 54.9 Å². The maximum absolute atomic E-state index is 12.4. The predicted molar refractivity (Wildman–Crippen MR) is 100 cm³/mol. The highest BCUT2D eigenvalue weighted by Crippen LogP contribution is 2.18. The lowest BCUT2D eigenvalue weighted by atomic mass is 10.1. The standard InChI is InChI=1S/C19H17N5O2/c1-13(25)22-17-5-2-4-14(12-17)18(26)23-15-6-8-16(9-7-15)24-19-20-10-3-11-21-19/h2-12H,1H3,(H,22,25)(H,23,26)(H,20,21,24). The average Bonchev–Trinajstić information content (AvgIpc) is 2.64. The zero-order valence-electron chi connectivity index (χ0n) is 14.1. The van der Waals surface area contributed by atoms with E-state index in [0.29, 0.717) is 22.9 Å². The predicted octanol–water partition coefficient (Wildman–Crippen LogP) is 3.43. The molecule has 0 atom stereocenters. The molecule has 2 amide bonds. The van der Waals surface area contributed by atoms with Gasteiger partial charge in [-0.05, 0) is 48.5 Å². The lowest BCUT2D eigenvalue weighted by Gasteiger charge is -2.09. The number of anilines is 4. The Balaban J connectivity index is 1.65. The van der Waals surface area contributed by atoms with Crippen molar-refractivity contribution in [1.29, 1.82) is 0 Å². The number of rotatable bonds is 5. The number of amides is 2. The SMILES string of the molecule is CC(=O)Nc1cccc(C(=O)Nc2ccc(Nc3ncccn3)cc2)c1. The first-order valence-electron chi connectivity index (χ1n) is 7.93. The molecule has 3 aromatic rings. The third-order valence-corrected chi connectivity index (χ3v) is 3.41. The topological polar surface area (TPSA) is 96.0 Å². The molecule has 3 rings (SSSR count). The summed E-state index contributed by atoms with van der Waals surface area (Å²) in [5.74, 6) is 0.0522. The second-order valence-electron chi connectivity index (χ2n) is 5.49. The van der Waals surface area contributed by atoms with Crippen molar-refractivity contribution in [3.63, 3.8) is 0 Å². The summed E-state index contributed by atoms with van der Waals surface area (Å²) in [5, 5.41) is 8.54. The first-order chi connectivity index (χ1) is 12.6. The van der Waals surface area contributed by atoms with Gasteiger partial charge >= 0.3 is 0 Å². The third kappa shape index (κ3) is 4.64. The summed E-state index contributed by atoms with van der Waals surface area (Å²) in [6, 6.07) is 15.7. The van der Waals surface area contributed by atoms with Crippen molar-refractivity contribution >= 4 is 34.8 Å². The number of carbonyl (C=O) groups excluding carboxylic acids is 2. The molecule has 1 aromatic heterocycles. The zero-order chi connectivity index (χ0) is 18.4. The fraction of sp³-hybridized carbons (Fsp3) is 0.0526. The van der Waals surface area contributed by atoms with Crippen molar-refractivity contribution in [3.8, 4) is 0 Å². The Bertz CT molecular complexity index is 911. The van der Waals surface area contributed by atoms with Gasteiger partial charge in [-0.25, -0.2) is 9.97 Å². The maximum atomic E-state index is 12.4. The summed E-state index contributed by atoms with van der Waals surface area (Å²) in [4.78, 5) is 31.7. The van der Waals surface area contributed by atoms with Crippen LogP contribution in [0.4, 0.5) is 23.0 Å². The van der Waals surface area contributed by atoms with Gasteiger partial charge in [-0.3, -0.25) is 9.59 Å². The van der Waals surface area contributed by atoms with Crippen LogP contribution in [0.15, 0.2) is 67.0 Å². The first-order valence-corrected chi connectivity index (χ1v) is 7.93. The van der Waals surface area contributed by atoms with Crippen LogP contribution in [0.5, 0.6) is 0 Å². The van der Waals surface area contributed by atoms with Crippen LogP contribution < -0.4 is 16.0 Å². The Morgan fingerprint density at radius 3 is 2.19 bits per heavy atom. The maximum Gasteiger partial charge on any atom is 0.255 e. The molecule has 26 heavy (non-hydrogen) atoms. The summed E-state index contributed by atoms with van der Waals surface area (Å²) in [6.07, 6.45) is 3.30. The molecule has 7 heteroatoms. The second-order valence-corrected chi connectivity index (χ2v) is 5.49. The number of nitrogens with zero attached hydrogens (tertiary/aromatic N) is 2. The van der Waals surface area contributed by atoms with Gasteiger partial charge in [-0.1, -0.05) is 6.07 Å². The van der Waals surface area contributed by atoms with E-state index in [4.69, 9.17) is 0 Å². The summed E-state index contributed by atoms with van der Waals surface area (Å²) < 4.78 is 0. The highest BCUT2D eigenvalue weighted by molar-refractivity contribution is 6.05. The van der Waals surface area contributed by atoms with Crippen LogP contribution in [0.2, 0.25) is 0 Å². The van der Waals surface area contributed by atoms with E-state index in [-0.39, 0.29) is 11.8 Å². The average molecular weight is 347 g/mol. The van der Waals surface area contributed by atoms with E-state index < -0.39 is 0 Å². The van der Waals surface area contributed by atoms with Gasteiger partial charge in [-0.15, -0.1) is 0 Å². The third-order valence-electron chi connectivity index (χ3n) is 3.41. The van der Waals surface area contributed by atoms with Crippen LogP contribution in [0, 0.1) is 0 Å². The molecule has 0 aliphatic heterocycles. The van der Waals surface area contributed by atoms with Crippen molar-refractivity contribution in [2.24, 2.45) is 0 Å². The molecule has 0 aliphatic rings. The van der Waals surface area contributed by atoms with Gasteiger partial charge in [0.15, 0.2) is 0 Å². The normalized spacial score (nSPS) is 10.0. The van der Waals surface area contributed by atoms with Gasteiger partial charge in [0.25, 0.3) is 5.91 Å². The molecular formula is C19H17N5O2. The van der Waals surface area contributed by atoms with Crippen molar-refractivity contribution in [1.82, 2.24) is 9.97 Å². The van der Waals surface area contributed by atoms with Gasteiger partial charge < -0.3 is 16.0 Å². The molecule has 2 aromatic carbocycles. The first kappa shape index (κ1) is 17.1. The van der Waals surface area contributed by atoms with Gasteiger partial charge in [0, 0.05) is 41.9 Å². The van der Waals surface area contributed by atoms with Crippen molar-refractivity contribution in [2.45, 2.75) is 6.92 Å². The monoisotopic (exact) mass is 347 g/mol. The van der Waals surface area contributed by atoms with E-state index in [2.05, 4.69) is 25.9 Å². The summed E-state index contributed by atoms with van der Waals surface area (Å²) in [5.41, 5.74) is 2.49. The molecule has 1 heterocycles. The number of aromatic nitrogens is 2.